The molecule has 8 heteroatoms. The van der Waals surface area contributed by atoms with Gasteiger partial charge in [0, 0.05) is 29.7 Å². The monoisotopic (exact) mass is 453 g/mol. The molecule has 154 valence electrons. The van der Waals surface area contributed by atoms with E-state index in [1.807, 2.05) is 29.2 Å². The third-order valence-electron chi connectivity index (χ3n) is 4.35. The van der Waals surface area contributed by atoms with E-state index in [2.05, 4.69) is 26.6 Å². The van der Waals surface area contributed by atoms with Gasteiger partial charge in [0.1, 0.15) is 5.60 Å². The van der Waals surface area contributed by atoms with Crippen LogP contribution in [-0.4, -0.2) is 54.6 Å². The molecule has 0 atom stereocenters. The Morgan fingerprint density at radius 3 is 2.46 bits per heavy atom. The van der Waals surface area contributed by atoms with Crippen LogP contribution < -0.4 is 10.6 Å². The summed E-state index contributed by atoms with van der Waals surface area (Å²) in [5.41, 5.74) is 0.0799. The standard InChI is InChI=1S/C20H28BrN3O4/c1-20(2,3)28-19(27)23-13-17(25)22-12-14-7-9-24(10-8-14)18(26)15-5-4-6-16(21)11-15/h4-6,11,14H,7-10,12-13H2,1-3H3,(H,22,25)(H,23,27). The van der Waals surface area contributed by atoms with E-state index in [1.165, 1.54) is 0 Å². The minimum atomic E-state index is -0.609. The molecule has 3 amide bonds. The van der Waals surface area contributed by atoms with Crippen LogP contribution in [0.2, 0.25) is 0 Å². The number of halogens is 1. The number of carbonyl (C=O) groups is 3. The molecular formula is C20H28BrN3O4. The van der Waals surface area contributed by atoms with E-state index < -0.39 is 11.7 Å². The molecule has 0 saturated carbocycles. The molecule has 0 spiro atoms. The van der Waals surface area contributed by atoms with Gasteiger partial charge in [0.15, 0.2) is 0 Å². The van der Waals surface area contributed by atoms with Gasteiger partial charge in [-0.2, -0.15) is 0 Å². The van der Waals surface area contributed by atoms with E-state index >= 15 is 0 Å². The molecule has 0 aromatic heterocycles. The topological polar surface area (TPSA) is 87.7 Å². The summed E-state index contributed by atoms with van der Waals surface area (Å²) in [6, 6.07) is 7.39. The van der Waals surface area contributed by atoms with Crippen LogP contribution in [0.25, 0.3) is 0 Å². The minimum Gasteiger partial charge on any atom is -0.444 e. The van der Waals surface area contributed by atoms with Crippen LogP contribution in [0, 0.1) is 5.92 Å². The van der Waals surface area contributed by atoms with Crippen LogP contribution >= 0.6 is 15.9 Å². The Hall–Kier alpha value is -2.09. The van der Waals surface area contributed by atoms with Gasteiger partial charge in [0.25, 0.3) is 5.91 Å². The molecular weight excluding hydrogens is 426 g/mol. The normalized spacial score (nSPS) is 15.1. The summed E-state index contributed by atoms with van der Waals surface area (Å²) < 4.78 is 5.98. The SMILES string of the molecule is CC(C)(C)OC(=O)NCC(=O)NCC1CCN(C(=O)c2cccc(Br)c2)CC1. The van der Waals surface area contributed by atoms with Gasteiger partial charge in [-0.3, -0.25) is 9.59 Å². The first-order valence-electron chi connectivity index (χ1n) is 9.42. The van der Waals surface area contributed by atoms with E-state index in [4.69, 9.17) is 4.74 Å². The van der Waals surface area contributed by atoms with E-state index in [9.17, 15) is 14.4 Å². The lowest BCUT2D eigenvalue weighted by Gasteiger charge is -2.32. The fraction of sp³-hybridized carbons (Fsp3) is 0.550. The number of hydrogen-bond acceptors (Lipinski definition) is 4. The van der Waals surface area contributed by atoms with Gasteiger partial charge in [0.2, 0.25) is 5.91 Å². The number of hydrogen-bond donors (Lipinski definition) is 2. The Morgan fingerprint density at radius 1 is 1.18 bits per heavy atom. The number of nitrogens with one attached hydrogen (secondary N) is 2. The van der Waals surface area contributed by atoms with Crippen molar-refractivity contribution in [2.45, 2.75) is 39.2 Å². The highest BCUT2D eigenvalue weighted by atomic mass is 79.9. The lowest BCUT2D eigenvalue weighted by molar-refractivity contribution is -0.120. The molecule has 0 bridgehead atoms. The maximum atomic E-state index is 12.6. The third-order valence-corrected chi connectivity index (χ3v) is 4.85. The Balaban J connectivity index is 1.68. The summed E-state index contributed by atoms with van der Waals surface area (Å²) in [6.07, 6.45) is 1.06. The molecule has 1 saturated heterocycles. The van der Waals surface area contributed by atoms with E-state index in [0.717, 1.165) is 17.3 Å². The number of amides is 3. The first-order valence-corrected chi connectivity index (χ1v) is 10.2. The van der Waals surface area contributed by atoms with E-state index in [0.29, 0.717) is 31.1 Å². The van der Waals surface area contributed by atoms with E-state index in [-0.39, 0.29) is 18.4 Å². The van der Waals surface area contributed by atoms with Crippen LogP contribution in [0.1, 0.15) is 44.0 Å². The molecule has 0 radical (unpaired) electrons. The van der Waals surface area contributed by atoms with Crippen molar-refractivity contribution in [2.75, 3.05) is 26.2 Å². The second-order valence-corrected chi connectivity index (χ2v) is 8.82. The Kier molecular flexibility index (Phi) is 7.86. The minimum absolute atomic E-state index is 0.0327. The van der Waals surface area contributed by atoms with E-state index in [1.54, 1.807) is 20.8 Å². The maximum Gasteiger partial charge on any atom is 0.408 e. The average molecular weight is 454 g/mol. The maximum absolute atomic E-state index is 12.6. The molecule has 1 aliphatic heterocycles. The van der Waals surface area contributed by atoms with Crippen molar-refractivity contribution in [2.24, 2.45) is 5.92 Å². The van der Waals surface area contributed by atoms with Crippen molar-refractivity contribution in [1.82, 2.24) is 15.5 Å². The molecule has 7 nitrogen and oxygen atoms in total. The van der Waals surface area contributed by atoms with Crippen LogP contribution in [0.5, 0.6) is 0 Å². The molecule has 28 heavy (non-hydrogen) atoms. The molecule has 0 unspecified atom stereocenters. The molecule has 1 fully saturated rings. The number of likely N-dealkylation sites (tertiary alicyclic amines) is 1. The quantitative estimate of drug-likeness (QED) is 0.716. The largest absolute Gasteiger partial charge is 0.444 e. The predicted octanol–water partition coefficient (Wildman–Crippen LogP) is 2.94. The molecule has 1 aliphatic rings. The summed E-state index contributed by atoms with van der Waals surface area (Å²) in [4.78, 5) is 37.9. The van der Waals surface area contributed by atoms with Crippen molar-refractivity contribution in [3.8, 4) is 0 Å². The number of carbonyl (C=O) groups excluding carboxylic acids is 3. The fourth-order valence-corrected chi connectivity index (χ4v) is 3.33. The lowest BCUT2D eigenvalue weighted by Crippen LogP contribution is -2.44. The second kappa shape index (κ2) is 9.91. The van der Waals surface area contributed by atoms with Crippen molar-refractivity contribution >= 4 is 33.8 Å². The molecule has 2 N–H and O–H groups in total. The summed E-state index contributed by atoms with van der Waals surface area (Å²) >= 11 is 3.39. The van der Waals surface area contributed by atoms with Crippen molar-refractivity contribution in [3.05, 3.63) is 34.3 Å². The average Bonchev–Trinajstić information content (AvgIpc) is 2.63. The highest BCUT2D eigenvalue weighted by Gasteiger charge is 2.24. The number of alkyl carbamates (subject to hydrolysis) is 1. The Bertz CT molecular complexity index is 710. The summed E-state index contributed by atoms with van der Waals surface area (Å²) in [5.74, 6) is 0.0980. The van der Waals surface area contributed by atoms with Gasteiger partial charge in [-0.1, -0.05) is 22.0 Å². The smallest absolute Gasteiger partial charge is 0.408 e. The molecule has 1 aromatic carbocycles. The first-order chi connectivity index (χ1) is 13.1. The molecule has 1 heterocycles. The first kappa shape index (κ1) is 22.2. The highest BCUT2D eigenvalue weighted by Crippen LogP contribution is 2.20. The molecule has 0 aliphatic carbocycles. The summed E-state index contributed by atoms with van der Waals surface area (Å²) in [7, 11) is 0. The summed E-state index contributed by atoms with van der Waals surface area (Å²) in [6.45, 7) is 7.05. The van der Waals surface area contributed by atoms with Gasteiger partial charge in [-0.05, 0) is 57.7 Å². The molecule has 1 aromatic rings. The van der Waals surface area contributed by atoms with Crippen LogP contribution in [0.3, 0.4) is 0 Å². The number of ether oxygens (including phenoxy) is 1. The number of rotatable bonds is 5. The number of benzene rings is 1. The molecule has 2 rings (SSSR count). The predicted molar refractivity (Wildman–Crippen MR) is 110 cm³/mol. The van der Waals surface area contributed by atoms with Gasteiger partial charge < -0.3 is 20.3 Å². The lowest BCUT2D eigenvalue weighted by atomic mass is 9.96. The zero-order chi connectivity index (χ0) is 20.7. The van der Waals surface area contributed by atoms with Crippen LogP contribution in [-0.2, 0) is 9.53 Å². The third kappa shape index (κ3) is 7.50. The van der Waals surface area contributed by atoms with Crippen molar-refractivity contribution in [1.29, 1.82) is 0 Å². The Morgan fingerprint density at radius 2 is 1.86 bits per heavy atom. The van der Waals surface area contributed by atoms with Gasteiger partial charge in [0.05, 0.1) is 6.54 Å². The zero-order valence-corrected chi connectivity index (χ0v) is 18.2. The number of piperidine rings is 1. The summed E-state index contributed by atoms with van der Waals surface area (Å²) in [5, 5.41) is 5.28. The number of nitrogens with zero attached hydrogens (tertiary/aromatic N) is 1. The highest BCUT2D eigenvalue weighted by molar-refractivity contribution is 9.10. The van der Waals surface area contributed by atoms with Crippen LogP contribution in [0.15, 0.2) is 28.7 Å². The van der Waals surface area contributed by atoms with Gasteiger partial charge in [-0.25, -0.2) is 4.79 Å². The fourth-order valence-electron chi connectivity index (χ4n) is 2.93. The van der Waals surface area contributed by atoms with Crippen molar-refractivity contribution in [3.63, 3.8) is 0 Å². The zero-order valence-electron chi connectivity index (χ0n) is 16.6. The van der Waals surface area contributed by atoms with Gasteiger partial charge >= 0.3 is 6.09 Å². The second-order valence-electron chi connectivity index (χ2n) is 7.91. The van der Waals surface area contributed by atoms with Crippen molar-refractivity contribution < 1.29 is 19.1 Å². The van der Waals surface area contributed by atoms with Gasteiger partial charge in [-0.15, -0.1) is 0 Å². The van der Waals surface area contributed by atoms with Crippen LogP contribution in [0.4, 0.5) is 4.79 Å². The Labute approximate surface area is 174 Å².